The summed E-state index contributed by atoms with van der Waals surface area (Å²) in [5.41, 5.74) is 2.10. The van der Waals surface area contributed by atoms with E-state index in [1.807, 2.05) is 6.08 Å². The Morgan fingerprint density at radius 3 is 2.85 bits per heavy atom. The van der Waals surface area contributed by atoms with Crippen molar-refractivity contribution >= 4 is 5.97 Å². The summed E-state index contributed by atoms with van der Waals surface area (Å²) in [5.74, 6) is -1.83. The molecule has 0 amide bonds. The van der Waals surface area contributed by atoms with E-state index in [4.69, 9.17) is 4.74 Å². The van der Waals surface area contributed by atoms with Crippen molar-refractivity contribution in [1.29, 1.82) is 0 Å². The van der Waals surface area contributed by atoms with Gasteiger partial charge in [-0.3, -0.25) is 0 Å². The van der Waals surface area contributed by atoms with Crippen molar-refractivity contribution in [3.05, 3.63) is 34.9 Å². The average molecular weight is 272 g/mol. The summed E-state index contributed by atoms with van der Waals surface area (Å²) in [7, 11) is 0. The summed E-state index contributed by atoms with van der Waals surface area (Å²) in [6.45, 7) is 4.32. The summed E-state index contributed by atoms with van der Waals surface area (Å²) in [6.07, 6.45) is 10.8. The Bertz CT molecular complexity index is 612. The first-order valence-corrected chi connectivity index (χ1v) is 7.48. The Balaban J connectivity index is 2.00. The molecule has 1 fully saturated rings. The molecular weight excluding hydrogens is 252 g/mol. The van der Waals surface area contributed by atoms with Crippen LogP contribution in [0.5, 0.6) is 0 Å². The molecule has 4 rings (SSSR count). The lowest BCUT2D eigenvalue weighted by molar-refractivity contribution is -0.174. The molecule has 3 heteroatoms. The molecule has 4 aliphatic rings. The molecule has 3 aliphatic carbocycles. The van der Waals surface area contributed by atoms with Gasteiger partial charge in [-0.15, -0.1) is 0 Å². The van der Waals surface area contributed by atoms with Crippen molar-refractivity contribution in [2.45, 2.75) is 51.7 Å². The first-order chi connectivity index (χ1) is 9.39. The quantitative estimate of drug-likeness (QED) is 0.544. The van der Waals surface area contributed by atoms with Crippen molar-refractivity contribution in [3.63, 3.8) is 0 Å². The number of hydrogen-bond donors (Lipinski definition) is 1. The minimum absolute atomic E-state index is 0.0499. The van der Waals surface area contributed by atoms with E-state index in [9.17, 15) is 9.90 Å². The van der Waals surface area contributed by atoms with Crippen LogP contribution in [0.4, 0.5) is 0 Å². The van der Waals surface area contributed by atoms with Crippen LogP contribution >= 0.6 is 0 Å². The van der Waals surface area contributed by atoms with Crippen LogP contribution in [0.25, 0.3) is 0 Å². The lowest BCUT2D eigenvalue weighted by atomic mass is 9.71. The zero-order valence-electron chi connectivity index (χ0n) is 12.0. The van der Waals surface area contributed by atoms with E-state index in [0.29, 0.717) is 12.0 Å². The largest absolute Gasteiger partial charge is 0.421 e. The molecule has 0 aromatic heterocycles. The van der Waals surface area contributed by atoms with E-state index in [1.165, 1.54) is 0 Å². The predicted molar refractivity (Wildman–Crippen MR) is 74.6 cm³/mol. The fourth-order valence-electron chi connectivity index (χ4n) is 4.65. The number of carbonyl (C=O) groups excluding carboxylic acids is 1. The molecule has 106 valence electrons. The highest BCUT2D eigenvalue weighted by Gasteiger charge is 2.61. The minimum atomic E-state index is -1.49. The van der Waals surface area contributed by atoms with Crippen LogP contribution in [0.15, 0.2) is 34.9 Å². The van der Waals surface area contributed by atoms with Gasteiger partial charge in [-0.1, -0.05) is 32.1 Å². The summed E-state index contributed by atoms with van der Waals surface area (Å²) >= 11 is 0. The zero-order chi connectivity index (χ0) is 14.2. The van der Waals surface area contributed by atoms with Gasteiger partial charge in [0, 0.05) is 22.1 Å². The summed E-state index contributed by atoms with van der Waals surface area (Å²) in [5, 5.41) is 11.3. The van der Waals surface area contributed by atoms with Gasteiger partial charge in [-0.25, -0.2) is 4.79 Å². The number of rotatable bonds is 0. The van der Waals surface area contributed by atoms with Crippen molar-refractivity contribution < 1.29 is 14.6 Å². The van der Waals surface area contributed by atoms with Crippen molar-refractivity contribution in [2.24, 2.45) is 10.8 Å². The van der Waals surface area contributed by atoms with Gasteiger partial charge in [-0.05, 0) is 37.5 Å². The Morgan fingerprint density at radius 2 is 2.05 bits per heavy atom. The molecular formula is C17H20O3. The molecule has 0 radical (unpaired) electrons. The van der Waals surface area contributed by atoms with Crippen LogP contribution in [0.2, 0.25) is 0 Å². The summed E-state index contributed by atoms with van der Waals surface area (Å²) in [4.78, 5) is 12.2. The van der Waals surface area contributed by atoms with Crippen LogP contribution < -0.4 is 0 Å². The number of ether oxygens (including phenoxy) is 1. The predicted octanol–water partition coefficient (Wildman–Crippen LogP) is 3.01. The van der Waals surface area contributed by atoms with E-state index in [-0.39, 0.29) is 16.8 Å². The molecule has 0 saturated heterocycles. The second-order valence-electron chi connectivity index (χ2n) is 7.13. The molecule has 3 nitrogen and oxygen atoms in total. The van der Waals surface area contributed by atoms with Gasteiger partial charge in [0.05, 0.1) is 0 Å². The third-order valence-electron chi connectivity index (χ3n) is 5.76. The summed E-state index contributed by atoms with van der Waals surface area (Å²) in [6, 6.07) is 0. The number of carbonyl (C=O) groups is 1. The van der Waals surface area contributed by atoms with Crippen LogP contribution in [-0.2, 0) is 9.53 Å². The van der Waals surface area contributed by atoms with Crippen LogP contribution in [0.3, 0.4) is 0 Å². The van der Waals surface area contributed by atoms with Gasteiger partial charge in [0.25, 0.3) is 5.79 Å². The lowest BCUT2D eigenvalue weighted by Crippen LogP contribution is -2.41. The molecule has 0 bridgehead atoms. The SMILES string of the molecule is C[C@@]12CCC=C1C1(O)OC(=O)C3=C1[C@](C)(C=CC3)CC2. The van der Waals surface area contributed by atoms with Crippen molar-refractivity contribution in [2.75, 3.05) is 0 Å². The Labute approximate surface area is 119 Å². The maximum atomic E-state index is 12.2. The molecule has 0 aromatic carbocycles. The number of fused-ring (bicyclic) bond motifs is 2. The van der Waals surface area contributed by atoms with Gasteiger partial charge in [0.1, 0.15) is 0 Å². The highest BCUT2D eigenvalue weighted by atomic mass is 16.7. The minimum Gasteiger partial charge on any atom is -0.421 e. The number of hydrogen-bond acceptors (Lipinski definition) is 3. The molecule has 0 aromatic rings. The van der Waals surface area contributed by atoms with Gasteiger partial charge in [0.2, 0.25) is 0 Å². The third kappa shape index (κ3) is 1.27. The Morgan fingerprint density at radius 1 is 1.25 bits per heavy atom. The second kappa shape index (κ2) is 3.45. The second-order valence-corrected chi connectivity index (χ2v) is 7.13. The van der Waals surface area contributed by atoms with Crippen LogP contribution in [0.1, 0.15) is 46.0 Å². The van der Waals surface area contributed by atoms with Crippen molar-refractivity contribution in [1.82, 2.24) is 0 Å². The van der Waals surface area contributed by atoms with Gasteiger partial charge < -0.3 is 9.84 Å². The van der Waals surface area contributed by atoms with E-state index in [2.05, 4.69) is 26.0 Å². The molecule has 0 spiro atoms. The number of aliphatic hydroxyl groups is 1. The summed E-state index contributed by atoms with van der Waals surface area (Å²) < 4.78 is 5.53. The molecule has 1 N–H and O–H groups in total. The number of allylic oxidation sites excluding steroid dienone is 3. The molecule has 1 aliphatic heterocycles. The van der Waals surface area contributed by atoms with E-state index < -0.39 is 5.79 Å². The first kappa shape index (κ1) is 12.4. The fourth-order valence-corrected chi connectivity index (χ4v) is 4.65. The zero-order valence-corrected chi connectivity index (χ0v) is 12.0. The smallest absolute Gasteiger partial charge is 0.337 e. The molecule has 1 unspecified atom stereocenters. The fraction of sp³-hybridized carbons (Fsp3) is 0.588. The molecule has 3 atom stereocenters. The molecule has 1 heterocycles. The van der Waals surface area contributed by atoms with E-state index in [0.717, 1.165) is 36.8 Å². The Hall–Kier alpha value is -1.35. The first-order valence-electron chi connectivity index (χ1n) is 7.48. The highest BCUT2D eigenvalue weighted by Crippen LogP contribution is 2.62. The standard InChI is InChI=1S/C17H20O3/c1-15-7-4-6-12(15)17(19)13-11(14(18)20-17)5-3-8-16(13,2)10-9-15/h3,6,8,19H,4-5,7,9-10H2,1-2H3/t15-,16+,17?/m0/s1. The van der Waals surface area contributed by atoms with Gasteiger partial charge in [-0.2, -0.15) is 0 Å². The van der Waals surface area contributed by atoms with Crippen molar-refractivity contribution in [3.8, 4) is 0 Å². The van der Waals surface area contributed by atoms with Crippen LogP contribution in [0, 0.1) is 10.8 Å². The topological polar surface area (TPSA) is 46.5 Å². The number of esters is 1. The third-order valence-corrected chi connectivity index (χ3v) is 5.76. The maximum absolute atomic E-state index is 12.2. The molecule has 1 saturated carbocycles. The normalized spacial score (nSPS) is 45.8. The average Bonchev–Trinajstić information content (AvgIpc) is 2.88. The van der Waals surface area contributed by atoms with Gasteiger partial charge >= 0.3 is 5.97 Å². The van der Waals surface area contributed by atoms with Crippen LogP contribution in [-0.4, -0.2) is 16.9 Å². The Kier molecular flexibility index (Phi) is 2.14. The lowest BCUT2D eigenvalue weighted by Gasteiger charge is -2.36. The van der Waals surface area contributed by atoms with Gasteiger partial charge in [0.15, 0.2) is 0 Å². The molecule has 20 heavy (non-hydrogen) atoms. The van der Waals surface area contributed by atoms with E-state index >= 15 is 0 Å². The highest BCUT2D eigenvalue weighted by molar-refractivity contribution is 5.95. The van der Waals surface area contributed by atoms with E-state index in [1.54, 1.807) is 0 Å². The monoisotopic (exact) mass is 272 g/mol. The maximum Gasteiger partial charge on any atom is 0.337 e.